The fourth-order valence-corrected chi connectivity index (χ4v) is 2.95. The van der Waals surface area contributed by atoms with Gasteiger partial charge in [0.2, 0.25) is 0 Å². The molecule has 1 aromatic carbocycles. The fraction of sp³-hybridized carbons (Fsp3) is 0.588. The van der Waals surface area contributed by atoms with Crippen molar-refractivity contribution >= 4 is 17.3 Å². The van der Waals surface area contributed by atoms with Crippen molar-refractivity contribution < 1.29 is 0 Å². The minimum atomic E-state index is 0.929. The summed E-state index contributed by atoms with van der Waals surface area (Å²) < 4.78 is 0. The molecule has 3 nitrogen and oxygen atoms in total. The van der Waals surface area contributed by atoms with Crippen molar-refractivity contribution in [1.29, 1.82) is 0 Å². The lowest BCUT2D eigenvalue weighted by molar-refractivity contribution is 0.174. The Morgan fingerprint density at radius 2 is 2.00 bits per heavy atom. The van der Waals surface area contributed by atoms with E-state index in [0.29, 0.717) is 0 Å². The Bertz CT molecular complexity index is 453. The highest BCUT2D eigenvalue weighted by Crippen LogP contribution is 2.10. The Balaban J connectivity index is 1.74. The van der Waals surface area contributed by atoms with E-state index in [4.69, 9.17) is 12.2 Å². The number of hydrogen-bond donors (Lipinski definition) is 1. The van der Waals surface area contributed by atoms with E-state index in [-0.39, 0.29) is 0 Å². The molecule has 21 heavy (non-hydrogen) atoms. The van der Waals surface area contributed by atoms with Gasteiger partial charge < -0.3 is 10.2 Å². The van der Waals surface area contributed by atoms with Gasteiger partial charge in [-0.3, -0.25) is 4.90 Å². The van der Waals surface area contributed by atoms with E-state index in [2.05, 4.69) is 53.2 Å². The number of hydrogen-bond acceptors (Lipinski definition) is 2. The first-order valence-electron chi connectivity index (χ1n) is 7.99. The lowest BCUT2D eigenvalue weighted by atomic mass is 10.1. The maximum Gasteiger partial charge on any atom is 0.169 e. The quantitative estimate of drug-likeness (QED) is 0.666. The Morgan fingerprint density at radius 3 is 2.67 bits per heavy atom. The lowest BCUT2D eigenvalue weighted by Gasteiger charge is -2.36. The molecule has 1 aliphatic rings. The third-order valence-electron chi connectivity index (χ3n) is 3.95. The topological polar surface area (TPSA) is 18.5 Å². The molecule has 2 rings (SSSR count). The predicted octanol–water partition coefficient (Wildman–Crippen LogP) is 2.79. The van der Waals surface area contributed by atoms with E-state index in [1.54, 1.807) is 0 Å². The Labute approximate surface area is 134 Å². The van der Waals surface area contributed by atoms with Crippen LogP contribution in [0.1, 0.15) is 30.9 Å². The molecule has 0 amide bonds. The summed E-state index contributed by atoms with van der Waals surface area (Å²) in [4.78, 5) is 4.82. The van der Waals surface area contributed by atoms with Crippen LogP contribution in [0.4, 0.5) is 0 Å². The second-order valence-corrected chi connectivity index (χ2v) is 6.22. The summed E-state index contributed by atoms with van der Waals surface area (Å²) >= 11 is 5.47. The number of nitrogens with one attached hydrogen (secondary N) is 1. The zero-order chi connectivity index (χ0) is 15.1. The van der Waals surface area contributed by atoms with E-state index >= 15 is 0 Å². The van der Waals surface area contributed by atoms with Crippen LogP contribution in [-0.2, 0) is 6.54 Å². The predicted molar refractivity (Wildman–Crippen MR) is 93.5 cm³/mol. The molecule has 1 heterocycles. The monoisotopic (exact) mass is 305 g/mol. The first-order valence-corrected chi connectivity index (χ1v) is 8.40. The molecule has 4 heteroatoms. The highest BCUT2D eigenvalue weighted by atomic mass is 32.1. The van der Waals surface area contributed by atoms with Gasteiger partial charge in [-0.15, -0.1) is 0 Å². The number of rotatable bonds is 5. The van der Waals surface area contributed by atoms with E-state index in [9.17, 15) is 0 Å². The first kappa shape index (κ1) is 16.2. The van der Waals surface area contributed by atoms with Crippen LogP contribution in [-0.4, -0.2) is 47.6 Å². The van der Waals surface area contributed by atoms with Crippen LogP contribution < -0.4 is 5.32 Å². The van der Waals surface area contributed by atoms with Crippen LogP contribution in [0.15, 0.2) is 24.3 Å². The Hall–Kier alpha value is -1.13. The molecule has 0 spiro atoms. The Kier molecular flexibility index (Phi) is 6.46. The number of benzene rings is 1. The number of piperazine rings is 1. The molecule has 0 radical (unpaired) electrons. The molecule has 1 aromatic rings. The number of nitrogens with zero attached hydrogens (tertiary/aromatic N) is 2. The second kappa shape index (κ2) is 8.35. The van der Waals surface area contributed by atoms with Crippen molar-refractivity contribution in [1.82, 2.24) is 15.1 Å². The van der Waals surface area contributed by atoms with Gasteiger partial charge in [-0.1, -0.05) is 43.2 Å². The average molecular weight is 305 g/mol. The number of aryl methyl sites for hydroxylation is 1. The first-order chi connectivity index (χ1) is 10.2. The zero-order valence-corrected chi connectivity index (χ0v) is 14.1. The van der Waals surface area contributed by atoms with Gasteiger partial charge in [0.05, 0.1) is 0 Å². The molecule has 1 fully saturated rings. The average Bonchev–Trinajstić information content (AvgIpc) is 2.48. The SMILES string of the molecule is CCCCNC(=S)N1CCN(Cc2cccc(C)c2)CC1. The molecule has 0 aliphatic carbocycles. The van der Waals surface area contributed by atoms with E-state index < -0.39 is 0 Å². The minimum absolute atomic E-state index is 0.929. The Morgan fingerprint density at radius 1 is 1.24 bits per heavy atom. The molecule has 0 unspecified atom stereocenters. The van der Waals surface area contributed by atoms with Crippen molar-refractivity contribution in [2.45, 2.75) is 33.2 Å². The molecule has 0 bridgehead atoms. The molecular formula is C17H27N3S. The van der Waals surface area contributed by atoms with Gasteiger partial charge in [-0.05, 0) is 31.1 Å². The van der Waals surface area contributed by atoms with Crippen LogP contribution in [0.3, 0.4) is 0 Å². The summed E-state index contributed by atoms with van der Waals surface area (Å²) in [6.07, 6.45) is 2.40. The van der Waals surface area contributed by atoms with Gasteiger partial charge in [0, 0.05) is 39.3 Å². The van der Waals surface area contributed by atoms with Crippen LogP contribution in [0, 0.1) is 6.92 Å². The maximum atomic E-state index is 5.47. The van der Waals surface area contributed by atoms with Gasteiger partial charge in [-0.2, -0.15) is 0 Å². The molecule has 1 N–H and O–H groups in total. The minimum Gasteiger partial charge on any atom is -0.363 e. The van der Waals surface area contributed by atoms with Crippen LogP contribution in [0.2, 0.25) is 0 Å². The van der Waals surface area contributed by atoms with E-state index in [1.165, 1.54) is 24.0 Å². The highest BCUT2D eigenvalue weighted by Gasteiger charge is 2.18. The summed E-state index contributed by atoms with van der Waals surface area (Å²) in [5.74, 6) is 0. The van der Waals surface area contributed by atoms with Crippen LogP contribution in [0.5, 0.6) is 0 Å². The fourth-order valence-electron chi connectivity index (χ4n) is 2.66. The summed E-state index contributed by atoms with van der Waals surface area (Å²) in [6, 6.07) is 8.80. The molecule has 116 valence electrons. The molecule has 0 saturated carbocycles. The van der Waals surface area contributed by atoms with Gasteiger partial charge in [0.25, 0.3) is 0 Å². The van der Waals surface area contributed by atoms with E-state index in [0.717, 1.165) is 44.4 Å². The van der Waals surface area contributed by atoms with Crippen molar-refractivity contribution in [2.75, 3.05) is 32.7 Å². The summed E-state index contributed by atoms with van der Waals surface area (Å²) in [5.41, 5.74) is 2.75. The molecular weight excluding hydrogens is 278 g/mol. The second-order valence-electron chi connectivity index (χ2n) is 5.84. The zero-order valence-electron chi connectivity index (χ0n) is 13.3. The van der Waals surface area contributed by atoms with Crippen molar-refractivity contribution in [3.05, 3.63) is 35.4 Å². The maximum absolute atomic E-state index is 5.47. The molecule has 0 aromatic heterocycles. The van der Waals surface area contributed by atoms with Crippen molar-refractivity contribution in [2.24, 2.45) is 0 Å². The summed E-state index contributed by atoms with van der Waals surface area (Å²) in [5, 5.41) is 4.29. The van der Waals surface area contributed by atoms with Gasteiger partial charge in [-0.25, -0.2) is 0 Å². The van der Waals surface area contributed by atoms with Crippen molar-refractivity contribution in [3.63, 3.8) is 0 Å². The van der Waals surface area contributed by atoms with Gasteiger partial charge in [0.15, 0.2) is 5.11 Å². The molecule has 1 saturated heterocycles. The van der Waals surface area contributed by atoms with Crippen LogP contribution >= 0.6 is 12.2 Å². The normalized spacial score (nSPS) is 16.0. The largest absolute Gasteiger partial charge is 0.363 e. The number of unbranched alkanes of at least 4 members (excludes halogenated alkanes) is 1. The summed E-state index contributed by atoms with van der Waals surface area (Å²) in [6.45, 7) is 10.6. The van der Waals surface area contributed by atoms with Crippen LogP contribution in [0.25, 0.3) is 0 Å². The van der Waals surface area contributed by atoms with Crippen molar-refractivity contribution in [3.8, 4) is 0 Å². The number of thiocarbonyl (C=S) groups is 1. The lowest BCUT2D eigenvalue weighted by Crippen LogP contribution is -2.51. The molecule has 1 aliphatic heterocycles. The van der Waals surface area contributed by atoms with Gasteiger partial charge >= 0.3 is 0 Å². The highest BCUT2D eigenvalue weighted by molar-refractivity contribution is 7.80. The van der Waals surface area contributed by atoms with Gasteiger partial charge in [0.1, 0.15) is 0 Å². The third kappa shape index (κ3) is 5.29. The summed E-state index contributed by atoms with van der Waals surface area (Å²) in [7, 11) is 0. The third-order valence-corrected chi connectivity index (χ3v) is 4.36. The van der Waals surface area contributed by atoms with E-state index in [1.807, 2.05) is 0 Å². The standard InChI is InChI=1S/C17H27N3S/c1-3-4-8-18-17(21)20-11-9-19(10-12-20)14-16-7-5-6-15(2)13-16/h5-7,13H,3-4,8-12,14H2,1-2H3,(H,18,21). The smallest absolute Gasteiger partial charge is 0.169 e. The molecule has 0 atom stereocenters.